The van der Waals surface area contributed by atoms with E-state index in [1.807, 2.05) is 4.72 Å². The molecule has 0 aliphatic rings. The number of nitrogens with one attached hydrogen (secondary N) is 1. The van der Waals surface area contributed by atoms with E-state index < -0.39 is 15.8 Å². The molecule has 0 aromatic heterocycles. The van der Waals surface area contributed by atoms with Gasteiger partial charge in [0, 0.05) is 6.54 Å². The molecule has 0 bridgehead atoms. The summed E-state index contributed by atoms with van der Waals surface area (Å²) in [6, 6.07) is 0. The minimum atomic E-state index is -4.40. The van der Waals surface area contributed by atoms with Crippen molar-refractivity contribution in [3.63, 3.8) is 0 Å². The third-order valence-corrected chi connectivity index (χ3v) is 2.74. The van der Waals surface area contributed by atoms with E-state index >= 15 is 0 Å². The van der Waals surface area contributed by atoms with Crippen LogP contribution in [0.4, 0.5) is 8.78 Å². The molecular weight excluding hydrogens is 214 g/mol. The zero-order chi connectivity index (χ0) is 11.0. The quantitative estimate of drug-likeness (QED) is 0.601. The molecule has 0 saturated carbocycles. The van der Waals surface area contributed by atoms with Crippen LogP contribution in [0.5, 0.6) is 0 Å². The molecule has 0 radical (unpaired) electrons. The number of rotatable bonds is 8. The van der Waals surface area contributed by atoms with Crippen molar-refractivity contribution in [2.75, 3.05) is 13.1 Å². The highest BCUT2D eigenvalue weighted by Gasteiger charge is 2.22. The number of alkyl halides is 2. The first-order valence-corrected chi connectivity index (χ1v) is 6.02. The maximum atomic E-state index is 11.8. The topological polar surface area (TPSA) is 72.2 Å². The average molecular weight is 230 g/mol. The summed E-state index contributed by atoms with van der Waals surface area (Å²) in [6.07, 6.45) is 3.13. The molecule has 0 rings (SSSR count). The normalized spacial score (nSPS) is 12.3. The summed E-state index contributed by atoms with van der Waals surface area (Å²) in [6.45, 7) is 0.667. The number of unbranched alkanes of at least 4 members (excludes halogenated alkanes) is 3. The zero-order valence-corrected chi connectivity index (χ0v) is 8.69. The number of nitrogens with two attached hydrogens (primary N) is 1. The van der Waals surface area contributed by atoms with Crippen LogP contribution in [0.25, 0.3) is 0 Å². The Kier molecular flexibility index (Phi) is 6.94. The van der Waals surface area contributed by atoms with E-state index in [2.05, 4.69) is 0 Å². The van der Waals surface area contributed by atoms with Crippen molar-refractivity contribution < 1.29 is 17.2 Å². The van der Waals surface area contributed by atoms with Gasteiger partial charge in [-0.2, -0.15) is 8.78 Å². The predicted molar refractivity (Wildman–Crippen MR) is 50.4 cm³/mol. The highest BCUT2D eigenvalue weighted by Crippen LogP contribution is 2.03. The third-order valence-electron chi connectivity index (χ3n) is 1.67. The van der Waals surface area contributed by atoms with Gasteiger partial charge in [-0.25, -0.2) is 13.1 Å². The molecule has 0 aliphatic heterocycles. The highest BCUT2D eigenvalue weighted by atomic mass is 32.2. The van der Waals surface area contributed by atoms with Gasteiger partial charge in [0.2, 0.25) is 0 Å². The smallest absolute Gasteiger partial charge is 0.330 e. The predicted octanol–water partition coefficient (Wildman–Crippen LogP) is 0.648. The maximum Gasteiger partial charge on any atom is 0.350 e. The molecule has 0 aliphatic carbocycles. The lowest BCUT2D eigenvalue weighted by Crippen LogP contribution is -2.30. The van der Waals surface area contributed by atoms with Gasteiger partial charge >= 0.3 is 5.76 Å². The van der Waals surface area contributed by atoms with Gasteiger partial charge in [0.25, 0.3) is 10.0 Å². The molecule has 0 atom stereocenters. The molecule has 7 heteroatoms. The first-order chi connectivity index (χ1) is 6.50. The van der Waals surface area contributed by atoms with Crippen LogP contribution >= 0.6 is 0 Å². The molecule has 0 fully saturated rings. The van der Waals surface area contributed by atoms with Crippen molar-refractivity contribution in [2.45, 2.75) is 31.4 Å². The fourth-order valence-corrected chi connectivity index (χ4v) is 1.46. The van der Waals surface area contributed by atoms with Crippen LogP contribution in [-0.2, 0) is 10.0 Å². The summed E-state index contributed by atoms with van der Waals surface area (Å²) in [5.74, 6) is -3.34. The summed E-state index contributed by atoms with van der Waals surface area (Å²) >= 11 is 0. The molecule has 86 valence electrons. The zero-order valence-electron chi connectivity index (χ0n) is 7.88. The van der Waals surface area contributed by atoms with Gasteiger partial charge in [-0.3, -0.25) is 0 Å². The Hall–Kier alpha value is -0.270. The lowest BCUT2D eigenvalue weighted by atomic mass is 10.2. The molecule has 3 N–H and O–H groups in total. The Morgan fingerprint density at radius 3 is 2.21 bits per heavy atom. The van der Waals surface area contributed by atoms with Gasteiger partial charge in [0.05, 0.1) is 0 Å². The lowest BCUT2D eigenvalue weighted by Gasteiger charge is -2.04. The SMILES string of the molecule is NCCCCCCNS(=O)(=O)C(F)F. The van der Waals surface area contributed by atoms with Gasteiger partial charge in [0.15, 0.2) is 0 Å². The van der Waals surface area contributed by atoms with E-state index in [4.69, 9.17) is 5.73 Å². The van der Waals surface area contributed by atoms with Gasteiger partial charge < -0.3 is 5.73 Å². The minimum absolute atomic E-state index is 0.0667. The highest BCUT2D eigenvalue weighted by molar-refractivity contribution is 7.89. The van der Waals surface area contributed by atoms with E-state index in [9.17, 15) is 17.2 Å². The van der Waals surface area contributed by atoms with Crippen LogP contribution < -0.4 is 10.5 Å². The van der Waals surface area contributed by atoms with Crippen molar-refractivity contribution in [2.24, 2.45) is 5.73 Å². The van der Waals surface area contributed by atoms with Crippen molar-refractivity contribution in [3.05, 3.63) is 0 Å². The van der Waals surface area contributed by atoms with E-state index in [0.717, 1.165) is 19.3 Å². The molecule has 14 heavy (non-hydrogen) atoms. The van der Waals surface area contributed by atoms with Crippen LogP contribution in [0.1, 0.15) is 25.7 Å². The van der Waals surface area contributed by atoms with Crippen LogP contribution in [0.15, 0.2) is 0 Å². The molecule has 0 saturated heterocycles. The second kappa shape index (κ2) is 7.08. The second-order valence-corrected chi connectivity index (χ2v) is 4.64. The Bertz CT molecular complexity index is 232. The first kappa shape index (κ1) is 13.7. The van der Waals surface area contributed by atoms with Gasteiger partial charge in [-0.1, -0.05) is 12.8 Å². The molecule has 0 heterocycles. The number of hydrogen-bond donors (Lipinski definition) is 2. The van der Waals surface area contributed by atoms with E-state index in [1.165, 1.54) is 0 Å². The Balaban J connectivity index is 3.46. The molecule has 0 aromatic rings. The van der Waals surface area contributed by atoms with Crippen molar-refractivity contribution in [3.8, 4) is 0 Å². The van der Waals surface area contributed by atoms with Crippen molar-refractivity contribution >= 4 is 10.0 Å². The second-order valence-electron chi connectivity index (χ2n) is 2.90. The van der Waals surface area contributed by atoms with E-state index in [-0.39, 0.29) is 6.54 Å². The molecule has 0 spiro atoms. The van der Waals surface area contributed by atoms with E-state index in [1.54, 1.807) is 0 Å². The molecule has 0 amide bonds. The number of sulfonamides is 1. The number of hydrogen-bond acceptors (Lipinski definition) is 3. The Labute approximate surface area is 82.9 Å². The fourth-order valence-electron chi connectivity index (χ4n) is 0.900. The van der Waals surface area contributed by atoms with Crippen LogP contribution in [-0.4, -0.2) is 27.3 Å². The summed E-state index contributed by atoms with van der Waals surface area (Å²) in [4.78, 5) is 0. The maximum absolute atomic E-state index is 11.8. The summed E-state index contributed by atoms with van der Waals surface area (Å²) in [7, 11) is -4.40. The Morgan fingerprint density at radius 1 is 1.14 bits per heavy atom. The molecule has 0 aromatic carbocycles. The largest absolute Gasteiger partial charge is 0.350 e. The lowest BCUT2D eigenvalue weighted by molar-refractivity contribution is 0.232. The van der Waals surface area contributed by atoms with E-state index in [0.29, 0.717) is 13.0 Å². The molecule has 4 nitrogen and oxygen atoms in total. The summed E-state index contributed by atoms with van der Waals surface area (Å²) in [5, 5.41) is 0. The standard InChI is InChI=1S/C7H16F2N2O2S/c8-7(9)14(12,13)11-6-4-2-1-3-5-10/h7,11H,1-6,10H2. The fraction of sp³-hybridized carbons (Fsp3) is 1.00. The number of halogens is 2. The Morgan fingerprint density at radius 2 is 1.71 bits per heavy atom. The van der Waals surface area contributed by atoms with Gasteiger partial charge in [0.1, 0.15) is 0 Å². The minimum Gasteiger partial charge on any atom is -0.330 e. The average Bonchev–Trinajstić information content (AvgIpc) is 2.10. The van der Waals surface area contributed by atoms with Crippen molar-refractivity contribution in [1.29, 1.82) is 0 Å². The summed E-state index contributed by atoms with van der Waals surface area (Å²) in [5.41, 5.74) is 5.24. The van der Waals surface area contributed by atoms with Crippen molar-refractivity contribution in [1.82, 2.24) is 4.72 Å². The van der Waals surface area contributed by atoms with Gasteiger partial charge in [-0.15, -0.1) is 0 Å². The van der Waals surface area contributed by atoms with Crippen LogP contribution in [0.2, 0.25) is 0 Å². The van der Waals surface area contributed by atoms with Crippen LogP contribution in [0, 0.1) is 0 Å². The van der Waals surface area contributed by atoms with Crippen LogP contribution in [0.3, 0.4) is 0 Å². The molecule has 0 unspecified atom stereocenters. The summed E-state index contributed by atoms with van der Waals surface area (Å²) < 4.78 is 46.5. The first-order valence-electron chi connectivity index (χ1n) is 4.47. The van der Waals surface area contributed by atoms with Gasteiger partial charge in [-0.05, 0) is 19.4 Å². The molecular formula is C7H16F2N2O2S. The monoisotopic (exact) mass is 230 g/mol. The third kappa shape index (κ3) is 6.22.